The summed E-state index contributed by atoms with van der Waals surface area (Å²) in [7, 11) is 0. The molecular formula is C12H14N2O6. The van der Waals surface area contributed by atoms with Crippen molar-refractivity contribution in [1.82, 2.24) is 5.32 Å². The topological polar surface area (TPSA) is 150 Å². The van der Waals surface area contributed by atoms with Crippen LogP contribution in [-0.2, 0) is 9.59 Å². The molecule has 2 amide bonds. The Morgan fingerprint density at radius 3 is 2.15 bits per heavy atom. The molecule has 0 aliphatic heterocycles. The Morgan fingerprint density at radius 1 is 1.15 bits per heavy atom. The first kappa shape index (κ1) is 15.3. The molecule has 8 heteroatoms. The summed E-state index contributed by atoms with van der Waals surface area (Å²) in [5.41, 5.74) is 4.81. The first-order chi connectivity index (χ1) is 9.29. The molecule has 6 N–H and O–H groups in total. The van der Waals surface area contributed by atoms with Gasteiger partial charge in [0.15, 0.2) is 0 Å². The predicted molar refractivity (Wildman–Crippen MR) is 67.1 cm³/mol. The molecule has 20 heavy (non-hydrogen) atoms. The number of hydrogen-bond acceptors (Lipinski definition) is 5. The molecule has 1 rings (SSSR count). The van der Waals surface area contributed by atoms with Crippen LogP contribution in [0, 0.1) is 0 Å². The minimum atomic E-state index is -1.32. The Hall–Kier alpha value is -2.77. The van der Waals surface area contributed by atoms with Gasteiger partial charge in [-0.15, -0.1) is 0 Å². The Kier molecular flexibility index (Phi) is 4.90. The molecule has 0 fully saturated rings. The fourth-order valence-corrected chi connectivity index (χ4v) is 1.51. The number of aliphatic carboxylic acids is 1. The number of amides is 2. The average Bonchev–Trinajstić information content (AvgIpc) is 2.32. The van der Waals surface area contributed by atoms with E-state index >= 15 is 0 Å². The third kappa shape index (κ3) is 4.48. The van der Waals surface area contributed by atoms with Crippen molar-refractivity contribution in [3.8, 4) is 11.5 Å². The molecule has 0 saturated heterocycles. The van der Waals surface area contributed by atoms with Crippen molar-refractivity contribution in [2.45, 2.75) is 18.9 Å². The number of phenolic OH excluding ortho intramolecular Hbond substituents is 2. The first-order valence-electron chi connectivity index (χ1n) is 5.64. The van der Waals surface area contributed by atoms with Crippen LogP contribution in [0.1, 0.15) is 23.2 Å². The molecule has 0 radical (unpaired) electrons. The van der Waals surface area contributed by atoms with Gasteiger partial charge in [0.25, 0.3) is 5.91 Å². The number of nitrogens with one attached hydrogen (secondary N) is 1. The number of aromatic hydroxyl groups is 2. The standard InChI is InChI=1S/C12H14N2O6/c13-10(17)2-1-9(12(19)20)14-11(18)6-3-7(15)5-8(16)4-6/h3-5,9,15-16H,1-2H2,(H2,13,17)(H,14,18)(H,19,20). The third-order valence-corrected chi connectivity index (χ3v) is 2.45. The summed E-state index contributed by atoms with van der Waals surface area (Å²) in [5, 5.41) is 29.6. The summed E-state index contributed by atoms with van der Waals surface area (Å²) in [6.45, 7) is 0. The van der Waals surface area contributed by atoms with Crippen LogP contribution in [0.4, 0.5) is 0 Å². The van der Waals surface area contributed by atoms with E-state index in [1.54, 1.807) is 0 Å². The van der Waals surface area contributed by atoms with Crippen LogP contribution in [0.3, 0.4) is 0 Å². The van der Waals surface area contributed by atoms with Gasteiger partial charge in [0.1, 0.15) is 17.5 Å². The molecule has 0 bridgehead atoms. The first-order valence-corrected chi connectivity index (χ1v) is 5.64. The lowest BCUT2D eigenvalue weighted by Gasteiger charge is -2.14. The van der Waals surface area contributed by atoms with Crippen LogP contribution in [0.5, 0.6) is 11.5 Å². The quantitative estimate of drug-likeness (QED) is 0.476. The van der Waals surface area contributed by atoms with E-state index in [0.29, 0.717) is 0 Å². The van der Waals surface area contributed by atoms with Gasteiger partial charge in [-0.2, -0.15) is 0 Å². The molecular weight excluding hydrogens is 268 g/mol. The van der Waals surface area contributed by atoms with Gasteiger partial charge < -0.3 is 26.4 Å². The van der Waals surface area contributed by atoms with E-state index in [2.05, 4.69) is 5.32 Å². The highest BCUT2D eigenvalue weighted by Crippen LogP contribution is 2.20. The normalized spacial score (nSPS) is 11.6. The number of carbonyl (C=O) groups is 3. The van der Waals surface area contributed by atoms with Gasteiger partial charge in [0.05, 0.1) is 0 Å². The zero-order valence-electron chi connectivity index (χ0n) is 10.4. The second-order valence-corrected chi connectivity index (χ2v) is 4.11. The molecule has 0 aromatic heterocycles. The number of rotatable bonds is 6. The number of phenols is 2. The molecule has 0 aliphatic carbocycles. The maximum absolute atomic E-state index is 11.8. The van der Waals surface area contributed by atoms with Crippen LogP contribution >= 0.6 is 0 Å². The fourth-order valence-electron chi connectivity index (χ4n) is 1.51. The molecule has 8 nitrogen and oxygen atoms in total. The van der Waals surface area contributed by atoms with E-state index in [-0.39, 0.29) is 29.9 Å². The van der Waals surface area contributed by atoms with Crippen LogP contribution < -0.4 is 11.1 Å². The molecule has 1 unspecified atom stereocenters. The second-order valence-electron chi connectivity index (χ2n) is 4.11. The fraction of sp³-hybridized carbons (Fsp3) is 0.250. The number of carbonyl (C=O) groups excluding carboxylic acids is 2. The van der Waals surface area contributed by atoms with Crippen molar-refractivity contribution in [3.63, 3.8) is 0 Å². The van der Waals surface area contributed by atoms with E-state index in [9.17, 15) is 24.6 Å². The van der Waals surface area contributed by atoms with E-state index in [0.717, 1.165) is 18.2 Å². The molecule has 1 aromatic rings. The Morgan fingerprint density at radius 2 is 1.70 bits per heavy atom. The monoisotopic (exact) mass is 282 g/mol. The van der Waals surface area contributed by atoms with E-state index < -0.39 is 23.8 Å². The van der Waals surface area contributed by atoms with Crippen LogP contribution in [0.2, 0.25) is 0 Å². The van der Waals surface area contributed by atoms with Gasteiger partial charge in [-0.3, -0.25) is 9.59 Å². The molecule has 1 aromatic carbocycles. The molecule has 0 spiro atoms. The molecule has 108 valence electrons. The highest BCUT2D eigenvalue weighted by atomic mass is 16.4. The summed E-state index contributed by atoms with van der Waals surface area (Å²) in [5.74, 6) is -3.46. The lowest BCUT2D eigenvalue weighted by atomic mass is 10.1. The summed E-state index contributed by atoms with van der Waals surface area (Å²) in [6.07, 6.45) is -0.344. The smallest absolute Gasteiger partial charge is 0.326 e. The van der Waals surface area contributed by atoms with Gasteiger partial charge in [-0.1, -0.05) is 0 Å². The maximum atomic E-state index is 11.8. The highest BCUT2D eigenvalue weighted by molar-refractivity contribution is 5.97. The Labute approximate surface area is 113 Å². The zero-order chi connectivity index (χ0) is 15.3. The van der Waals surface area contributed by atoms with E-state index in [4.69, 9.17) is 10.8 Å². The number of nitrogens with two attached hydrogens (primary N) is 1. The number of carboxylic acids is 1. The van der Waals surface area contributed by atoms with Crippen molar-refractivity contribution >= 4 is 17.8 Å². The maximum Gasteiger partial charge on any atom is 0.326 e. The van der Waals surface area contributed by atoms with E-state index in [1.807, 2.05) is 0 Å². The Bertz CT molecular complexity index is 522. The summed E-state index contributed by atoms with van der Waals surface area (Å²) in [6, 6.07) is 1.88. The molecule has 1 atom stereocenters. The second kappa shape index (κ2) is 6.41. The molecule has 0 aliphatic rings. The van der Waals surface area contributed by atoms with Gasteiger partial charge in [-0.25, -0.2) is 4.79 Å². The molecule has 0 saturated carbocycles. The summed E-state index contributed by atoms with van der Waals surface area (Å²) in [4.78, 5) is 33.4. The number of benzene rings is 1. The lowest BCUT2D eigenvalue weighted by Crippen LogP contribution is -2.41. The zero-order valence-corrected chi connectivity index (χ0v) is 10.4. The van der Waals surface area contributed by atoms with Gasteiger partial charge in [-0.05, 0) is 18.6 Å². The van der Waals surface area contributed by atoms with Crippen molar-refractivity contribution in [2.75, 3.05) is 0 Å². The Balaban J connectivity index is 2.79. The van der Waals surface area contributed by atoms with Gasteiger partial charge in [0.2, 0.25) is 5.91 Å². The third-order valence-electron chi connectivity index (χ3n) is 2.45. The van der Waals surface area contributed by atoms with Crippen molar-refractivity contribution in [1.29, 1.82) is 0 Å². The minimum Gasteiger partial charge on any atom is -0.508 e. The van der Waals surface area contributed by atoms with Crippen LogP contribution in [0.15, 0.2) is 18.2 Å². The van der Waals surface area contributed by atoms with Crippen molar-refractivity contribution < 1.29 is 29.7 Å². The van der Waals surface area contributed by atoms with Crippen molar-refractivity contribution in [2.24, 2.45) is 5.73 Å². The SMILES string of the molecule is NC(=O)CCC(NC(=O)c1cc(O)cc(O)c1)C(=O)O. The summed E-state index contributed by atoms with van der Waals surface area (Å²) >= 11 is 0. The van der Waals surface area contributed by atoms with Crippen LogP contribution in [-0.4, -0.2) is 39.1 Å². The number of carboxylic acid groups (broad SMARTS) is 1. The van der Waals surface area contributed by atoms with Gasteiger partial charge in [0, 0.05) is 18.1 Å². The average molecular weight is 282 g/mol. The summed E-state index contributed by atoms with van der Waals surface area (Å²) < 4.78 is 0. The number of primary amides is 1. The molecule has 0 heterocycles. The van der Waals surface area contributed by atoms with Crippen LogP contribution in [0.25, 0.3) is 0 Å². The van der Waals surface area contributed by atoms with Gasteiger partial charge >= 0.3 is 5.97 Å². The van der Waals surface area contributed by atoms with Crippen molar-refractivity contribution in [3.05, 3.63) is 23.8 Å². The highest BCUT2D eigenvalue weighted by Gasteiger charge is 2.21. The minimum absolute atomic E-state index is 0.104. The predicted octanol–water partition coefficient (Wildman–Crippen LogP) is -0.454. The number of hydrogen-bond donors (Lipinski definition) is 5. The largest absolute Gasteiger partial charge is 0.508 e. The van der Waals surface area contributed by atoms with E-state index in [1.165, 1.54) is 0 Å². The lowest BCUT2D eigenvalue weighted by molar-refractivity contribution is -0.139.